The first-order valence-electron chi connectivity index (χ1n) is 5.95. The molecule has 0 saturated carbocycles. The van der Waals surface area contributed by atoms with Crippen LogP contribution in [0.3, 0.4) is 0 Å². The molecule has 2 rings (SSSR count). The summed E-state index contributed by atoms with van der Waals surface area (Å²) in [5.41, 5.74) is 0.748. The van der Waals surface area contributed by atoms with E-state index in [1.807, 2.05) is 12.3 Å². The van der Waals surface area contributed by atoms with E-state index in [-0.39, 0.29) is 22.8 Å². The second kappa shape index (κ2) is 6.55. The van der Waals surface area contributed by atoms with Gasteiger partial charge in [0.2, 0.25) is 0 Å². The van der Waals surface area contributed by atoms with Gasteiger partial charge in [-0.05, 0) is 19.1 Å². The predicted molar refractivity (Wildman–Crippen MR) is 81.1 cm³/mol. The van der Waals surface area contributed by atoms with Crippen LogP contribution in [0.2, 0.25) is 5.02 Å². The summed E-state index contributed by atoms with van der Waals surface area (Å²) in [6.45, 7) is 2.14. The standard InChI is InChI=1S/C13H12ClN3O3S/c1-7-16-8(6-21-7)5-15-13(20)17-10-4-2-3-9(14)11(10)12(18)19/h2-4,6H,5H2,1H3,(H,18,19)(H2,15,17,20). The van der Waals surface area contributed by atoms with Gasteiger partial charge < -0.3 is 15.7 Å². The van der Waals surface area contributed by atoms with Crippen molar-refractivity contribution in [3.8, 4) is 0 Å². The van der Waals surface area contributed by atoms with Gasteiger partial charge in [-0.15, -0.1) is 11.3 Å². The Labute approximate surface area is 129 Å². The molecule has 2 amide bonds. The Morgan fingerprint density at radius 1 is 1.43 bits per heavy atom. The number of nitrogens with zero attached hydrogens (tertiary/aromatic N) is 1. The minimum Gasteiger partial charge on any atom is -0.478 e. The molecule has 3 N–H and O–H groups in total. The number of rotatable bonds is 4. The third kappa shape index (κ3) is 3.93. The number of thiazole rings is 1. The van der Waals surface area contributed by atoms with E-state index in [1.165, 1.54) is 23.5 Å². The maximum absolute atomic E-state index is 11.8. The molecule has 0 saturated heterocycles. The Balaban J connectivity index is 2.03. The monoisotopic (exact) mass is 325 g/mol. The number of amides is 2. The Bertz CT molecular complexity index is 687. The summed E-state index contributed by atoms with van der Waals surface area (Å²) in [6, 6.07) is 3.97. The highest BCUT2D eigenvalue weighted by molar-refractivity contribution is 7.09. The van der Waals surface area contributed by atoms with Crippen molar-refractivity contribution in [2.45, 2.75) is 13.5 Å². The zero-order chi connectivity index (χ0) is 15.4. The minimum absolute atomic E-state index is 0.0652. The lowest BCUT2D eigenvalue weighted by Gasteiger charge is -2.10. The van der Waals surface area contributed by atoms with E-state index in [2.05, 4.69) is 15.6 Å². The lowest BCUT2D eigenvalue weighted by molar-refractivity contribution is 0.0698. The fourth-order valence-electron chi connectivity index (χ4n) is 1.67. The van der Waals surface area contributed by atoms with E-state index < -0.39 is 12.0 Å². The number of aromatic nitrogens is 1. The SMILES string of the molecule is Cc1nc(CNC(=O)Nc2cccc(Cl)c2C(=O)O)cs1. The van der Waals surface area contributed by atoms with Crippen LogP contribution in [0.1, 0.15) is 21.1 Å². The third-order valence-electron chi connectivity index (χ3n) is 2.57. The molecule has 6 nitrogen and oxygen atoms in total. The summed E-state index contributed by atoms with van der Waals surface area (Å²) in [5, 5.41) is 17.0. The number of nitrogens with one attached hydrogen (secondary N) is 2. The number of anilines is 1. The molecule has 0 unspecified atom stereocenters. The molecule has 0 bridgehead atoms. The first-order chi connectivity index (χ1) is 9.97. The summed E-state index contributed by atoms with van der Waals surface area (Å²) < 4.78 is 0. The maximum atomic E-state index is 11.8. The smallest absolute Gasteiger partial charge is 0.339 e. The predicted octanol–water partition coefficient (Wildman–Crippen LogP) is 3.12. The molecule has 1 aromatic carbocycles. The van der Waals surface area contributed by atoms with E-state index in [0.29, 0.717) is 0 Å². The van der Waals surface area contributed by atoms with Crippen LogP contribution in [-0.2, 0) is 6.54 Å². The fraction of sp³-hybridized carbons (Fsp3) is 0.154. The van der Waals surface area contributed by atoms with Crippen molar-refractivity contribution in [2.75, 3.05) is 5.32 Å². The Morgan fingerprint density at radius 3 is 2.81 bits per heavy atom. The highest BCUT2D eigenvalue weighted by atomic mass is 35.5. The second-order valence-electron chi connectivity index (χ2n) is 4.13. The van der Waals surface area contributed by atoms with Crippen LogP contribution in [0.25, 0.3) is 0 Å². The highest BCUT2D eigenvalue weighted by Gasteiger charge is 2.16. The number of urea groups is 1. The summed E-state index contributed by atoms with van der Waals surface area (Å²) >= 11 is 7.31. The topological polar surface area (TPSA) is 91.3 Å². The summed E-state index contributed by atoms with van der Waals surface area (Å²) in [6.07, 6.45) is 0. The molecule has 1 heterocycles. The average Bonchev–Trinajstić information content (AvgIpc) is 2.82. The number of benzene rings is 1. The zero-order valence-corrected chi connectivity index (χ0v) is 12.6. The molecule has 0 fully saturated rings. The van der Waals surface area contributed by atoms with Crippen molar-refractivity contribution in [3.05, 3.63) is 44.9 Å². The number of carboxylic acids is 1. The second-order valence-corrected chi connectivity index (χ2v) is 5.60. The molecule has 8 heteroatoms. The van der Waals surface area contributed by atoms with Crippen molar-refractivity contribution < 1.29 is 14.7 Å². The van der Waals surface area contributed by atoms with E-state index in [4.69, 9.17) is 16.7 Å². The number of halogens is 1. The van der Waals surface area contributed by atoms with Crippen molar-refractivity contribution in [3.63, 3.8) is 0 Å². The van der Waals surface area contributed by atoms with Gasteiger partial charge in [0.1, 0.15) is 5.56 Å². The summed E-state index contributed by atoms with van der Waals surface area (Å²) in [5.74, 6) is -1.20. The average molecular weight is 326 g/mol. The molecular formula is C13H12ClN3O3S. The van der Waals surface area contributed by atoms with Gasteiger partial charge in [-0.2, -0.15) is 0 Å². The normalized spacial score (nSPS) is 10.2. The Hall–Kier alpha value is -2.12. The molecule has 0 aliphatic rings. The lowest BCUT2D eigenvalue weighted by atomic mass is 10.2. The van der Waals surface area contributed by atoms with Gasteiger partial charge in [-0.25, -0.2) is 14.6 Å². The molecule has 0 spiro atoms. The van der Waals surface area contributed by atoms with Crippen molar-refractivity contribution >= 4 is 40.6 Å². The first kappa shape index (κ1) is 15.3. The van der Waals surface area contributed by atoms with Crippen LogP contribution in [0.15, 0.2) is 23.6 Å². The van der Waals surface area contributed by atoms with E-state index >= 15 is 0 Å². The number of carbonyl (C=O) groups is 2. The molecule has 21 heavy (non-hydrogen) atoms. The van der Waals surface area contributed by atoms with Gasteiger partial charge in [0.25, 0.3) is 0 Å². The summed E-state index contributed by atoms with van der Waals surface area (Å²) in [4.78, 5) is 27.1. The lowest BCUT2D eigenvalue weighted by Crippen LogP contribution is -2.29. The van der Waals surface area contributed by atoms with Gasteiger partial charge >= 0.3 is 12.0 Å². The number of hydrogen-bond acceptors (Lipinski definition) is 4. The van der Waals surface area contributed by atoms with Crippen LogP contribution >= 0.6 is 22.9 Å². The zero-order valence-electron chi connectivity index (χ0n) is 11.0. The number of carboxylic acid groups (broad SMARTS) is 1. The number of aromatic carboxylic acids is 1. The Morgan fingerprint density at radius 2 is 2.19 bits per heavy atom. The number of hydrogen-bond donors (Lipinski definition) is 3. The third-order valence-corrected chi connectivity index (χ3v) is 3.71. The fourth-order valence-corrected chi connectivity index (χ4v) is 2.54. The number of aryl methyl sites for hydroxylation is 1. The first-order valence-corrected chi connectivity index (χ1v) is 7.21. The molecule has 0 radical (unpaired) electrons. The molecular weight excluding hydrogens is 314 g/mol. The molecule has 110 valence electrons. The van der Waals surface area contributed by atoms with Crippen molar-refractivity contribution in [1.82, 2.24) is 10.3 Å². The van der Waals surface area contributed by atoms with E-state index in [0.717, 1.165) is 10.7 Å². The Kier molecular flexibility index (Phi) is 4.77. The molecule has 0 atom stereocenters. The van der Waals surface area contributed by atoms with Gasteiger partial charge in [-0.1, -0.05) is 17.7 Å². The minimum atomic E-state index is -1.20. The van der Waals surface area contributed by atoms with Gasteiger partial charge in [0.15, 0.2) is 0 Å². The maximum Gasteiger partial charge on any atom is 0.339 e. The molecule has 0 aliphatic carbocycles. The van der Waals surface area contributed by atoms with Crippen LogP contribution in [0, 0.1) is 6.92 Å². The largest absolute Gasteiger partial charge is 0.478 e. The number of carbonyl (C=O) groups excluding carboxylic acids is 1. The molecule has 0 aliphatic heterocycles. The van der Waals surface area contributed by atoms with Crippen LogP contribution < -0.4 is 10.6 Å². The van der Waals surface area contributed by atoms with E-state index in [1.54, 1.807) is 6.07 Å². The van der Waals surface area contributed by atoms with Crippen molar-refractivity contribution in [1.29, 1.82) is 0 Å². The highest BCUT2D eigenvalue weighted by Crippen LogP contribution is 2.24. The van der Waals surface area contributed by atoms with Crippen LogP contribution in [0.4, 0.5) is 10.5 Å². The quantitative estimate of drug-likeness (QED) is 0.805. The van der Waals surface area contributed by atoms with Gasteiger partial charge in [0, 0.05) is 5.38 Å². The van der Waals surface area contributed by atoms with Crippen LogP contribution in [-0.4, -0.2) is 22.1 Å². The van der Waals surface area contributed by atoms with Gasteiger partial charge in [0.05, 0.1) is 28.0 Å². The van der Waals surface area contributed by atoms with Crippen molar-refractivity contribution in [2.24, 2.45) is 0 Å². The van der Waals surface area contributed by atoms with E-state index in [9.17, 15) is 9.59 Å². The van der Waals surface area contributed by atoms with Gasteiger partial charge in [-0.3, -0.25) is 0 Å². The van der Waals surface area contributed by atoms with Crippen LogP contribution in [0.5, 0.6) is 0 Å². The molecule has 2 aromatic rings. The summed E-state index contributed by atoms with van der Waals surface area (Å²) in [7, 11) is 0. The molecule has 1 aromatic heterocycles.